The van der Waals surface area contributed by atoms with E-state index in [0.29, 0.717) is 5.02 Å². The van der Waals surface area contributed by atoms with Gasteiger partial charge in [0.25, 0.3) is 0 Å². The quantitative estimate of drug-likeness (QED) is 0.459. The number of benzene rings is 1. The van der Waals surface area contributed by atoms with Crippen molar-refractivity contribution < 1.29 is 4.79 Å². The monoisotopic (exact) mass is 513 g/mol. The molecule has 6 rings (SSSR count). The maximum absolute atomic E-state index is 12.5. The summed E-state index contributed by atoms with van der Waals surface area (Å²) in [4.78, 5) is 27.4. The van der Waals surface area contributed by atoms with Crippen LogP contribution in [0.3, 0.4) is 0 Å². The van der Waals surface area contributed by atoms with Crippen LogP contribution >= 0.6 is 11.6 Å². The number of hydrogen-bond acceptors (Lipinski definition) is 4. The van der Waals surface area contributed by atoms with Gasteiger partial charge in [-0.3, -0.25) is 9.69 Å². The number of aromatic amines is 1. The molecule has 0 radical (unpaired) electrons. The van der Waals surface area contributed by atoms with Crippen molar-refractivity contribution in [2.24, 2.45) is 0 Å². The summed E-state index contributed by atoms with van der Waals surface area (Å²) in [7, 11) is 2.19. The summed E-state index contributed by atoms with van der Waals surface area (Å²) < 4.78 is 0. The Hall–Kier alpha value is -3.19. The number of aromatic nitrogens is 2. The van der Waals surface area contributed by atoms with Gasteiger partial charge in [0.15, 0.2) is 0 Å². The molecule has 1 aliphatic carbocycles. The lowest BCUT2D eigenvalue weighted by Crippen LogP contribution is -2.43. The number of fused-ring (bicyclic) bond motifs is 1. The fourth-order valence-corrected chi connectivity index (χ4v) is 6.07. The minimum atomic E-state index is -0.0442. The molecule has 1 saturated heterocycles. The van der Waals surface area contributed by atoms with Crippen LogP contribution in [0.4, 0.5) is 0 Å². The average Bonchev–Trinajstić information content (AvgIpc) is 3.52. The minimum Gasteiger partial charge on any atom is -0.339 e. The van der Waals surface area contributed by atoms with E-state index in [1.165, 1.54) is 22.8 Å². The van der Waals surface area contributed by atoms with E-state index in [9.17, 15) is 4.79 Å². The van der Waals surface area contributed by atoms with Crippen LogP contribution in [-0.4, -0.2) is 70.3 Å². The molecule has 0 saturated carbocycles. The molecule has 2 aromatic heterocycles. The molecule has 37 heavy (non-hydrogen) atoms. The van der Waals surface area contributed by atoms with E-state index >= 15 is 0 Å². The summed E-state index contributed by atoms with van der Waals surface area (Å²) in [5, 5.41) is 1.62. The minimum absolute atomic E-state index is 0.0442. The second-order valence-electron chi connectivity index (χ2n) is 10.3. The average molecular weight is 514 g/mol. The van der Waals surface area contributed by atoms with E-state index in [-0.39, 0.29) is 5.91 Å². The molecule has 0 spiro atoms. The number of halogens is 1. The van der Waals surface area contributed by atoms with Crippen LogP contribution < -0.4 is 0 Å². The predicted molar refractivity (Wildman–Crippen MR) is 150 cm³/mol. The fourth-order valence-electron chi connectivity index (χ4n) is 5.83. The zero-order valence-corrected chi connectivity index (χ0v) is 22.0. The molecule has 1 aromatic carbocycles. The number of carbonyl (C=O) groups is 1. The Morgan fingerprint density at radius 3 is 2.62 bits per heavy atom. The molecular weight excluding hydrogens is 482 g/mol. The molecule has 1 N–H and O–H groups in total. The maximum atomic E-state index is 12.5. The van der Waals surface area contributed by atoms with Crippen molar-refractivity contribution in [1.29, 1.82) is 0 Å². The van der Waals surface area contributed by atoms with Crippen molar-refractivity contribution in [3.63, 3.8) is 0 Å². The Kier molecular flexibility index (Phi) is 6.49. The van der Waals surface area contributed by atoms with Gasteiger partial charge in [-0.05, 0) is 66.8 Å². The van der Waals surface area contributed by atoms with Crippen molar-refractivity contribution in [1.82, 2.24) is 24.7 Å². The number of amides is 1. The van der Waals surface area contributed by atoms with Crippen LogP contribution in [0.15, 0.2) is 66.5 Å². The zero-order chi connectivity index (χ0) is 25.5. The SMILES string of the molecule is C=CC(=O)N1CCC2=C1C=C(c1c(-c3ccc(CN4CCN(C)CC4)cc3)[nH]c3nccc(Cl)c13)CC2. The Labute approximate surface area is 222 Å². The molecule has 1 amide bonds. The Balaban J connectivity index is 1.38. The normalized spacial score (nSPS) is 18.9. The van der Waals surface area contributed by atoms with Gasteiger partial charge in [0.1, 0.15) is 5.65 Å². The van der Waals surface area contributed by atoms with Gasteiger partial charge < -0.3 is 14.8 Å². The summed E-state index contributed by atoms with van der Waals surface area (Å²) in [6.45, 7) is 9.83. The van der Waals surface area contributed by atoms with E-state index in [0.717, 1.165) is 92.1 Å². The first-order chi connectivity index (χ1) is 18.0. The molecule has 0 bridgehead atoms. The van der Waals surface area contributed by atoms with E-state index in [1.807, 2.05) is 11.0 Å². The topological polar surface area (TPSA) is 55.5 Å². The van der Waals surface area contributed by atoms with Crippen molar-refractivity contribution in [2.75, 3.05) is 39.8 Å². The van der Waals surface area contributed by atoms with E-state index in [4.69, 9.17) is 11.6 Å². The second kappa shape index (κ2) is 9.93. The Morgan fingerprint density at radius 1 is 1.08 bits per heavy atom. The van der Waals surface area contributed by atoms with Crippen molar-refractivity contribution in [3.8, 4) is 11.3 Å². The van der Waals surface area contributed by atoms with Crippen molar-refractivity contribution in [3.05, 3.63) is 82.7 Å². The molecule has 1 fully saturated rings. The number of carbonyl (C=O) groups excluding carboxylic acids is 1. The third-order valence-corrected chi connectivity index (χ3v) is 8.26. The molecular formula is C30H32ClN5O. The van der Waals surface area contributed by atoms with Crippen LogP contribution in [0.25, 0.3) is 27.9 Å². The molecule has 3 aliphatic rings. The van der Waals surface area contributed by atoms with Gasteiger partial charge in [-0.2, -0.15) is 0 Å². The predicted octanol–water partition coefficient (Wildman–Crippen LogP) is 5.48. The lowest BCUT2D eigenvalue weighted by atomic mass is 9.89. The fraction of sp³-hybridized carbons (Fsp3) is 0.333. The third-order valence-electron chi connectivity index (χ3n) is 7.95. The largest absolute Gasteiger partial charge is 0.339 e. The van der Waals surface area contributed by atoms with Crippen LogP contribution in [0, 0.1) is 0 Å². The molecule has 190 valence electrons. The molecule has 3 aromatic rings. The first kappa shape index (κ1) is 24.2. The van der Waals surface area contributed by atoms with Crippen LogP contribution in [-0.2, 0) is 11.3 Å². The van der Waals surface area contributed by atoms with Crippen molar-refractivity contribution >= 4 is 34.1 Å². The highest BCUT2D eigenvalue weighted by Gasteiger charge is 2.30. The lowest BCUT2D eigenvalue weighted by molar-refractivity contribution is -0.123. The summed E-state index contributed by atoms with van der Waals surface area (Å²) in [5.41, 5.74) is 8.87. The standard InChI is InChI=1S/C30H32ClN5O/c1-3-26(37)36-13-11-21-8-9-23(18-25(21)36)27-28-24(31)10-12-32-30(28)33-29(27)22-6-4-20(5-7-22)19-35-16-14-34(2)15-17-35/h3-7,10,12,18H,1,8-9,11,13-17,19H2,2H3,(H,32,33). The van der Waals surface area contributed by atoms with E-state index in [1.54, 1.807) is 6.20 Å². The number of rotatable bonds is 5. The summed E-state index contributed by atoms with van der Waals surface area (Å²) in [5.74, 6) is -0.0442. The van der Waals surface area contributed by atoms with Gasteiger partial charge in [-0.1, -0.05) is 42.4 Å². The van der Waals surface area contributed by atoms with Gasteiger partial charge in [0, 0.05) is 62.1 Å². The van der Waals surface area contributed by atoms with Crippen molar-refractivity contribution in [2.45, 2.75) is 25.8 Å². The van der Waals surface area contributed by atoms with Crippen LogP contribution in [0.1, 0.15) is 30.4 Å². The number of nitrogens with one attached hydrogen (secondary N) is 1. The highest BCUT2D eigenvalue weighted by Crippen LogP contribution is 2.44. The summed E-state index contributed by atoms with van der Waals surface area (Å²) in [6, 6.07) is 10.7. The third kappa shape index (κ3) is 4.54. The van der Waals surface area contributed by atoms with Gasteiger partial charge in [-0.15, -0.1) is 0 Å². The first-order valence-corrected chi connectivity index (χ1v) is 13.4. The van der Waals surface area contributed by atoms with Gasteiger partial charge in [0.05, 0.1) is 10.7 Å². The lowest BCUT2D eigenvalue weighted by Gasteiger charge is -2.32. The van der Waals surface area contributed by atoms with Crippen LogP contribution in [0.2, 0.25) is 5.02 Å². The summed E-state index contributed by atoms with van der Waals surface area (Å²) in [6.07, 6.45) is 8.10. The first-order valence-electron chi connectivity index (χ1n) is 13.0. The zero-order valence-electron chi connectivity index (χ0n) is 21.3. The maximum Gasteiger partial charge on any atom is 0.250 e. The highest BCUT2D eigenvalue weighted by molar-refractivity contribution is 6.36. The molecule has 0 atom stereocenters. The van der Waals surface area contributed by atoms with Gasteiger partial charge in [0.2, 0.25) is 5.91 Å². The molecule has 2 aliphatic heterocycles. The highest BCUT2D eigenvalue weighted by atomic mass is 35.5. The number of hydrogen-bond donors (Lipinski definition) is 1. The van der Waals surface area contributed by atoms with Gasteiger partial charge >= 0.3 is 0 Å². The smallest absolute Gasteiger partial charge is 0.250 e. The molecule has 7 heteroatoms. The number of pyridine rings is 1. The number of likely N-dealkylation sites (N-methyl/N-ethyl adjacent to an activating group) is 1. The van der Waals surface area contributed by atoms with E-state index in [2.05, 4.69) is 63.7 Å². The Bertz CT molecular complexity index is 1430. The number of H-pyrrole nitrogens is 1. The molecule has 6 nitrogen and oxygen atoms in total. The second-order valence-corrected chi connectivity index (χ2v) is 10.7. The van der Waals surface area contributed by atoms with Crippen LogP contribution in [0.5, 0.6) is 0 Å². The molecule has 4 heterocycles. The molecule has 0 unspecified atom stereocenters. The Morgan fingerprint density at radius 2 is 1.86 bits per heavy atom. The number of piperazine rings is 1. The number of allylic oxidation sites excluding steroid dienone is 2. The van der Waals surface area contributed by atoms with E-state index < -0.39 is 0 Å². The summed E-state index contributed by atoms with van der Waals surface area (Å²) >= 11 is 6.75. The van der Waals surface area contributed by atoms with Gasteiger partial charge in [-0.25, -0.2) is 4.98 Å². The number of nitrogens with zero attached hydrogens (tertiary/aromatic N) is 4.